The van der Waals surface area contributed by atoms with Crippen LogP contribution >= 0.6 is 0 Å². The fraction of sp³-hybridized carbons (Fsp3) is 0.786. The second-order valence-corrected chi connectivity index (χ2v) is 5.62. The molecular formula is C14H26N4O. The van der Waals surface area contributed by atoms with E-state index in [1.807, 2.05) is 10.9 Å². The Balaban J connectivity index is 1.81. The molecule has 1 fully saturated rings. The van der Waals surface area contributed by atoms with Crippen molar-refractivity contribution in [2.24, 2.45) is 5.92 Å². The molecule has 1 aliphatic rings. The average Bonchev–Trinajstić information content (AvgIpc) is 3.02. The van der Waals surface area contributed by atoms with E-state index in [4.69, 9.17) is 4.74 Å². The lowest BCUT2D eigenvalue weighted by Gasteiger charge is -2.17. The summed E-state index contributed by atoms with van der Waals surface area (Å²) in [5.74, 6) is 0.754. The Morgan fingerprint density at radius 1 is 1.53 bits per heavy atom. The molecule has 1 atom stereocenters. The summed E-state index contributed by atoms with van der Waals surface area (Å²) in [6.07, 6.45) is 5.36. The molecule has 0 radical (unpaired) electrons. The van der Waals surface area contributed by atoms with Gasteiger partial charge in [0.1, 0.15) is 0 Å². The molecular weight excluding hydrogens is 240 g/mol. The van der Waals surface area contributed by atoms with Crippen molar-refractivity contribution in [3.63, 3.8) is 0 Å². The molecule has 1 unspecified atom stereocenters. The van der Waals surface area contributed by atoms with E-state index < -0.39 is 0 Å². The lowest BCUT2D eigenvalue weighted by molar-refractivity contribution is 0.183. The number of ether oxygens (including phenoxy) is 1. The standard InChI is InChI=1S/C14H26N4O/c1-12(2)15-8-13-4-5-17(10-13)14-9-16-18(11-14)6-7-19-3/h9,11-13,15H,4-8,10H2,1-3H3. The predicted octanol–water partition coefficient (Wildman–Crippen LogP) is 1.35. The monoisotopic (exact) mass is 266 g/mol. The summed E-state index contributed by atoms with van der Waals surface area (Å²) in [7, 11) is 1.72. The Hall–Kier alpha value is -1.07. The van der Waals surface area contributed by atoms with Gasteiger partial charge in [-0.25, -0.2) is 0 Å². The summed E-state index contributed by atoms with van der Waals surface area (Å²) in [4.78, 5) is 2.43. The molecule has 1 aromatic heterocycles. The Bertz CT molecular complexity index is 377. The van der Waals surface area contributed by atoms with E-state index in [1.54, 1.807) is 7.11 Å². The third-order valence-corrected chi connectivity index (χ3v) is 3.61. The van der Waals surface area contributed by atoms with Crippen LogP contribution in [0.5, 0.6) is 0 Å². The predicted molar refractivity (Wildman–Crippen MR) is 77.6 cm³/mol. The fourth-order valence-electron chi connectivity index (χ4n) is 2.46. The van der Waals surface area contributed by atoms with Crippen LogP contribution in [0.2, 0.25) is 0 Å². The lowest BCUT2D eigenvalue weighted by Crippen LogP contribution is -2.30. The van der Waals surface area contributed by atoms with Crippen molar-refractivity contribution in [1.82, 2.24) is 15.1 Å². The van der Waals surface area contributed by atoms with Crippen LogP contribution in [0.15, 0.2) is 12.4 Å². The number of rotatable bonds is 7. The number of hydrogen-bond donors (Lipinski definition) is 1. The smallest absolute Gasteiger partial charge is 0.0752 e. The Morgan fingerprint density at radius 2 is 2.37 bits per heavy atom. The molecule has 0 saturated carbocycles. The van der Waals surface area contributed by atoms with Gasteiger partial charge in [-0.3, -0.25) is 4.68 Å². The maximum atomic E-state index is 5.07. The van der Waals surface area contributed by atoms with Crippen molar-refractivity contribution < 1.29 is 4.74 Å². The van der Waals surface area contributed by atoms with Crippen molar-refractivity contribution in [3.05, 3.63) is 12.4 Å². The number of aromatic nitrogens is 2. The van der Waals surface area contributed by atoms with Gasteiger partial charge >= 0.3 is 0 Å². The third kappa shape index (κ3) is 4.21. The van der Waals surface area contributed by atoms with E-state index in [1.165, 1.54) is 12.1 Å². The summed E-state index contributed by atoms with van der Waals surface area (Å²) in [6, 6.07) is 0.575. The minimum absolute atomic E-state index is 0.575. The maximum absolute atomic E-state index is 5.07. The van der Waals surface area contributed by atoms with E-state index in [0.29, 0.717) is 12.6 Å². The minimum Gasteiger partial charge on any atom is -0.383 e. The van der Waals surface area contributed by atoms with E-state index in [0.717, 1.165) is 32.1 Å². The molecule has 5 nitrogen and oxygen atoms in total. The van der Waals surface area contributed by atoms with Crippen LogP contribution in [0.25, 0.3) is 0 Å². The van der Waals surface area contributed by atoms with Gasteiger partial charge in [-0.2, -0.15) is 5.10 Å². The van der Waals surface area contributed by atoms with E-state index in [2.05, 4.69) is 35.4 Å². The van der Waals surface area contributed by atoms with Gasteiger partial charge in [-0.05, 0) is 18.9 Å². The normalized spacial score (nSPS) is 19.6. The van der Waals surface area contributed by atoms with Crippen molar-refractivity contribution in [1.29, 1.82) is 0 Å². The van der Waals surface area contributed by atoms with Gasteiger partial charge in [0, 0.05) is 32.4 Å². The van der Waals surface area contributed by atoms with Crippen molar-refractivity contribution >= 4 is 5.69 Å². The second kappa shape index (κ2) is 6.91. The van der Waals surface area contributed by atoms with Crippen LogP contribution in [0.3, 0.4) is 0 Å². The zero-order chi connectivity index (χ0) is 13.7. The highest BCUT2D eigenvalue weighted by Gasteiger charge is 2.23. The van der Waals surface area contributed by atoms with Crippen molar-refractivity contribution in [3.8, 4) is 0 Å². The zero-order valence-corrected chi connectivity index (χ0v) is 12.3. The first kappa shape index (κ1) is 14.3. The molecule has 1 aliphatic heterocycles. The van der Waals surface area contributed by atoms with Crippen molar-refractivity contribution in [2.75, 3.05) is 38.3 Å². The Labute approximate surface area is 115 Å². The first-order chi connectivity index (χ1) is 9.19. The molecule has 19 heavy (non-hydrogen) atoms. The molecule has 0 spiro atoms. The van der Waals surface area contributed by atoms with Crippen LogP contribution in [-0.4, -0.2) is 49.2 Å². The van der Waals surface area contributed by atoms with Crippen LogP contribution in [0, 0.1) is 5.92 Å². The van der Waals surface area contributed by atoms with Gasteiger partial charge in [0.05, 0.1) is 25.0 Å². The Morgan fingerprint density at radius 3 is 3.11 bits per heavy atom. The number of hydrogen-bond acceptors (Lipinski definition) is 4. The number of anilines is 1. The van der Waals surface area contributed by atoms with Gasteiger partial charge in [0.25, 0.3) is 0 Å². The summed E-state index contributed by atoms with van der Waals surface area (Å²) in [6.45, 7) is 9.33. The number of methoxy groups -OCH3 is 1. The molecule has 1 N–H and O–H groups in total. The maximum Gasteiger partial charge on any atom is 0.0752 e. The van der Waals surface area contributed by atoms with Crippen LogP contribution in [-0.2, 0) is 11.3 Å². The van der Waals surface area contributed by atoms with Crippen LogP contribution < -0.4 is 10.2 Å². The molecule has 0 aromatic carbocycles. The number of nitrogens with zero attached hydrogens (tertiary/aromatic N) is 3. The van der Waals surface area contributed by atoms with Crippen LogP contribution in [0.4, 0.5) is 5.69 Å². The molecule has 1 aromatic rings. The first-order valence-corrected chi connectivity index (χ1v) is 7.18. The summed E-state index contributed by atoms with van der Waals surface area (Å²) >= 11 is 0. The highest BCUT2D eigenvalue weighted by molar-refractivity contribution is 5.43. The molecule has 2 heterocycles. The average molecular weight is 266 g/mol. The molecule has 108 valence electrons. The Kier molecular flexibility index (Phi) is 5.22. The first-order valence-electron chi connectivity index (χ1n) is 7.18. The van der Waals surface area contributed by atoms with Gasteiger partial charge in [-0.15, -0.1) is 0 Å². The minimum atomic E-state index is 0.575. The van der Waals surface area contributed by atoms with E-state index in [9.17, 15) is 0 Å². The highest BCUT2D eigenvalue weighted by Crippen LogP contribution is 2.22. The fourth-order valence-corrected chi connectivity index (χ4v) is 2.46. The van der Waals surface area contributed by atoms with Crippen LogP contribution in [0.1, 0.15) is 20.3 Å². The van der Waals surface area contributed by atoms with Gasteiger partial charge in [0.2, 0.25) is 0 Å². The molecule has 0 bridgehead atoms. The van der Waals surface area contributed by atoms with E-state index >= 15 is 0 Å². The van der Waals surface area contributed by atoms with E-state index in [-0.39, 0.29) is 0 Å². The van der Waals surface area contributed by atoms with Gasteiger partial charge in [0.15, 0.2) is 0 Å². The number of nitrogens with one attached hydrogen (secondary N) is 1. The highest BCUT2D eigenvalue weighted by atomic mass is 16.5. The molecule has 5 heteroatoms. The lowest BCUT2D eigenvalue weighted by atomic mass is 10.1. The van der Waals surface area contributed by atoms with Crippen molar-refractivity contribution in [2.45, 2.75) is 32.9 Å². The molecule has 0 aliphatic carbocycles. The molecule has 0 amide bonds. The van der Waals surface area contributed by atoms with Gasteiger partial charge < -0.3 is 15.0 Å². The second-order valence-electron chi connectivity index (χ2n) is 5.62. The van der Waals surface area contributed by atoms with Gasteiger partial charge in [-0.1, -0.05) is 13.8 Å². The largest absolute Gasteiger partial charge is 0.383 e. The molecule has 2 rings (SSSR count). The SMILES string of the molecule is COCCn1cc(N2CCC(CNC(C)C)C2)cn1. The summed E-state index contributed by atoms with van der Waals surface area (Å²) in [5, 5.41) is 7.91. The topological polar surface area (TPSA) is 42.3 Å². The summed E-state index contributed by atoms with van der Waals surface area (Å²) in [5.41, 5.74) is 1.24. The quantitative estimate of drug-likeness (QED) is 0.809. The zero-order valence-electron chi connectivity index (χ0n) is 12.3. The third-order valence-electron chi connectivity index (χ3n) is 3.61. The summed E-state index contributed by atoms with van der Waals surface area (Å²) < 4.78 is 7.03. The molecule has 1 saturated heterocycles.